The fourth-order valence-corrected chi connectivity index (χ4v) is 3.30. The second kappa shape index (κ2) is 6.18. The summed E-state index contributed by atoms with van der Waals surface area (Å²) in [6, 6.07) is 9.43. The average molecular weight is 364 g/mol. The number of rotatable bonds is 3. The monoisotopic (exact) mass is 363 g/mol. The van der Waals surface area contributed by atoms with E-state index in [2.05, 4.69) is 21.2 Å². The van der Waals surface area contributed by atoms with Crippen LogP contribution >= 0.6 is 15.9 Å². The lowest BCUT2D eigenvalue weighted by Gasteiger charge is -2.29. The van der Waals surface area contributed by atoms with E-state index < -0.39 is 0 Å². The van der Waals surface area contributed by atoms with Crippen molar-refractivity contribution in [3.8, 4) is 17.2 Å². The van der Waals surface area contributed by atoms with Crippen molar-refractivity contribution in [3.63, 3.8) is 0 Å². The number of hydrogen-bond donors (Lipinski definition) is 2. The molecule has 0 aromatic heterocycles. The molecule has 1 unspecified atom stereocenters. The number of fused-ring (bicyclic) bond motifs is 1. The van der Waals surface area contributed by atoms with Crippen LogP contribution in [0.3, 0.4) is 0 Å². The minimum Gasteiger partial charge on any atom is -0.508 e. The van der Waals surface area contributed by atoms with E-state index in [-0.39, 0.29) is 11.8 Å². The van der Waals surface area contributed by atoms with Crippen molar-refractivity contribution in [1.82, 2.24) is 5.32 Å². The molecule has 0 spiro atoms. The third-order valence-electron chi connectivity index (χ3n) is 4.00. The van der Waals surface area contributed by atoms with Gasteiger partial charge in [-0.1, -0.05) is 15.9 Å². The van der Waals surface area contributed by atoms with Crippen molar-refractivity contribution in [2.45, 2.75) is 12.5 Å². The van der Waals surface area contributed by atoms with Crippen molar-refractivity contribution < 1.29 is 14.6 Å². The third-order valence-corrected chi connectivity index (χ3v) is 4.49. The van der Waals surface area contributed by atoms with Crippen LogP contribution < -0.4 is 14.8 Å². The highest BCUT2D eigenvalue weighted by Crippen LogP contribution is 2.40. The summed E-state index contributed by atoms with van der Waals surface area (Å²) in [7, 11) is 3.27. The SMILES string of the molecule is COc1cc2c(cc1OC)C(c1cc(Br)ccc1O)NCC2. The molecule has 0 saturated carbocycles. The first-order valence-electron chi connectivity index (χ1n) is 7.10. The smallest absolute Gasteiger partial charge is 0.161 e. The summed E-state index contributed by atoms with van der Waals surface area (Å²) in [6.07, 6.45) is 0.918. The number of ether oxygens (including phenoxy) is 2. The Labute approximate surface area is 138 Å². The van der Waals surface area contributed by atoms with Gasteiger partial charge in [0.1, 0.15) is 5.75 Å². The molecule has 3 rings (SSSR count). The van der Waals surface area contributed by atoms with E-state index in [1.165, 1.54) is 5.56 Å². The first-order chi connectivity index (χ1) is 10.6. The van der Waals surface area contributed by atoms with Gasteiger partial charge in [-0.25, -0.2) is 0 Å². The average Bonchev–Trinajstić information content (AvgIpc) is 2.55. The van der Waals surface area contributed by atoms with E-state index >= 15 is 0 Å². The Morgan fingerprint density at radius 3 is 2.55 bits per heavy atom. The van der Waals surface area contributed by atoms with Gasteiger partial charge in [-0.2, -0.15) is 0 Å². The molecule has 2 N–H and O–H groups in total. The maximum atomic E-state index is 10.2. The lowest BCUT2D eigenvalue weighted by Crippen LogP contribution is -2.30. The molecule has 22 heavy (non-hydrogen) atoms. The second-order valence-electron chi connectivity index (χ2n) is 5.25. The number of benzene rings is 2. The molecule has 1 aliphatic heterocycles. The molecule has 0 aliphatic carbocycles. The Bertz CT molecular complexity index is 703. The third kappa shape index (κ3) is 2.66. The lowest BCUT2D eigenvalue weighted by molar-refractivity contribution is 0.352. The van der Waals surface area contributed by atoms with Crippen LogP contribution in [0.4, 0.5) is 0 Å². The van der Waals surface area contributed by atoms with Crippen molar-refractivity contribution in [1.29, 1.82) is 0 Å². The van der Waals surface area contributed by atoms with Crippen molar-refractivity contribution in [2.75, 3.05) is 20.8 Å². The summed E-state index contributed by atoms with van der Waals surface area (Å²) < 4.78 is 11.7. The molecule has 0 radical (unpaired) electrons. The van der Waals surface area contributed by atoms with Crippen LogP contribution in [0.2, 0.25) is 0 Å². The van der Waals surface area contributed by atoms with Crippen LogP contribution in [0, 0.1) is 0 Å². The van der Waals surface area contributed by atoms with Gasteiger partial charge in [-0.05, 0) is 47.9 Å². The predicted octanol–water partition coefficient (Wildman–Crippen LogP) is 3.41. The van der Waals surface area contributed by atoms with Crippen LogP contribution in [-0.4, -0.2) is 25.9 Å². The highest BCUT2D eigenvalue weighted by molar-refractivity contribution is 9.10. The first kappa shape index (κ1) is 15.2. The molecule has 0 amide bonds. The Hall–Kier alpha value is -1.72. The fourth-order valence-electron chi connectivity index (χ4n) is 2.92. The molecular weight excluding hydrogens is 346 g/mol. The van der Waals surface area contributed by atoms with Gasteiger partial charge in [-0.15, -0.1) is 0 Å². The summed E-state index contributed by atoms with van der Waals surface area (Å²) >= 11 is 3.47. The Morgan fingerprint density at radius 1 is 1.09 bits per heavy atom. The van der Waals surface area contributed by atoms with Gasteiger partial charge in [-0.3, -0.25) is 0 Å². The number of hydrogen-bond acceptors (Lipinski definition) is 4. The van der Waals surface area contributed by atoms with Crippen LogP contribution in [-0.2, 0) is 6.42 Å². The number of nitrogens with one attached hydrogen (secondary N) is 1. The van der Waals surface area contributed by atoms with Crippen LogP contribution in [0.5, 0.6) is 17.2 Å². The second-order valence-corrected chi connectivity index (χ2v) is 6.16. The zero-order chi connectivity index (χ0) is 15.7. The van der Waals surface area contributed by atoms with Gasteiger partial charge in [0.15, 0.2) is 11.5 Å². The molecule has 4 nitrogen and oxygen atoms in total. The fraction of sp³-hybridized carbons (Fsp3) is 0.294. The molecule has 5 heteroatoms. The lowest BCUT2D eigenvalue weighted by atomic mass is 9.89. The summed E-state index contributed by atoms with van der Waals surface area (Å²) in [5.74, 6) is 1.72. The van der Waals surface area contributed by atoms with Crippen LogP contribution in [0.1, 0.15) is 22.7 Å². The molecule has 1 aliphatic rings. The molecule has 116 valence electrons. The van der Waals surface area contributed by atoms with Gasteiger partial charge in [0.05, 0.1) is 20.3 Å². The molecule has 0 bridgehead atoms. The summed E-state index contributed by atoms with van der Waals surface area (Å²) in [6.45, 7) is 0.846. The summed E-state index contributed by atoms with van der Waals surface area (Å²) in [5, 5.41) is 13.7. The molecule has 1 atom stereocenters. The Balaban J connectivity index is 2.13. The van der Waals surface area contributed by atoms with Crippen molar-refractivity contribution in [3.05, 3.63) is 51.5 Å². The zero-order valence-corrected chi connectivity index (χ0v) is 14.1. The quantitative estimate of drug-likeness (QED) is 0.877. The standard InChI is InChI=1S/C17H18BrNO3/c1-21-15-7-10-5-6-19-17(12(10)9-16(15)22-2)13-8-11(18)3-4-14(13)20/h3-4,7-9,17,19-20H,5-6H2,1-2H3. The van der Waals surface area contributed by atoms with E-state index in [1.807, 2.05) is 24.3 Å². The molecule has 0 fully saturated rings. The number of phenolic OH excluding ortho intramolecular Hbond substituents is 1. The van der Waals surface area contributed by atoms with E-state index in [1.54, 1.807) is 20.3 Å². The van der Waals surface area contributed by atoms with Gasteiger partial charge >= 0.3 is 0 Å². The highest BCUT2D eigenvalue weighted by Gasteiger charge is 2.25. The van der Waals surface area contributed by atoms with Crippen LogP contribution in [0.15, 0.2) is 34.8 Å². The Kier molecular flexibility index (Phi) is 4.27. The number of halogens is 1. The number of methoxy groups -OCH3 is 2. The molecular formula is C17H18BrNO3. The Morgan fingerprint density at radius 2 is 1.82 bits per heavy atom. The van der Waals surface area contributed by atoms with E-state index in [0.29, 0.717) is 5.75 Å². The summed E-state index contributed by atoms with van der Waals surface area (Å²) in [4.78, 5) is 0. The molecule has 1 heterocycles. The minimum atomic E-state index is -0.0685. The first-order valence-corrected chi connectivity index (χ1v) is 7.90. The van der Waals surface area contributed by atoms with Gasteiger partial charge < -0.3 is 19.9 Å². The highest BCUT2D eigenvalue weighted by atomic mass is 79.9. The van der Waals surface area contributed by atoms with E-state index in [9.17, 15) is 5.11 Å². The summed E-state index contributed by atoms with van der Waals surface area (Å²) in [5.41, 5.74) is 3.17. The largest absolute Gasteiger partial charge is 0.508 e. The molecule has 2 aromatic carbocycles. The predicted molar refractivity (Wildman–Crippen MR) is 88.9 cm³/mol. The minimum absolute atomic E-state index is 0.0685. The normalized spacial score (nSPS) is 17.0. The zero-order valence-electron chi connectivity index (χ0n) is 12.5. The van der Waals surface area contributed by atoms with Gasteiger partial charge in [0.2, 0.25) is 0 Å². The number of phenols is 1. The maximum Gasteiger partial charge on any atom is 0.161 e. The topological polar surface area (TPSA) is 50.7 Å². The van der Waals surface area contributed by atoms with Gasteiger partial charge in [0.25, 0.3) is 0 Å². The van der Waals surface area contributed by atoms with E-state index in [4.69, 9.17) is 9.47 Å². The molecule has 0 saturated heterocycles. The van der Waals surface area contributed by atoms with Gasteiger partial charge in [0, 0.05) is 16.6 Å². The molecule has 2 aromatic rings. The maximum absolute atomic E-state index is 10.2. The van der Waals surface area contributed by atoms with Crippen LogP contribution in [0.25, 0.3) is 0 Å². The van der Waals surface area contributed by atoms with Crippen molar-refractivity contribution in [2.24, 2.45) is 0 Å². The number of aromatic hydroxyl groups is 1. The van der Waals surface area contributed by atoms with Crippen molar-refractivity contribution >= 4 is 15.9 Å². The van der Waals surface area contributed by atoms with E-state index in [0.717, 1.165) is 34.3 Å².